The van der Waals surface area contributed by atoms with Crippen LogP contribution >= 0.6 is 0 Å². The molecule has 1 aromatic carbocycles. The molecule has 2 aromatic heterocycles. The van der Waals surface area contributed by atoms with Gasteiger partial charge in [0, 0.05) is 25.0 Å². The summed E-state index contributed by atoms with van der Waals surface area (Å²) in [4.78, 5) is 24.4. The highest BCUT2D eigenvalue weighted by molar-refractivity contribution is 6.01. The summed E-state index contributed by atoms with van der Waals surface area (Å²) in [5.74, 6) is -0.925. The zero-order valence-corrected chi connectivity index (χ0v) is 18.5. The largest absolute Gasteiger partial charge is 0.488 e. The first-order valence-corrected chi connectivity index (χ1v) is 10.7. The Kier molecular flexibility index (Phi) is 6.17. The van der Waals surface area contributed by atoms with E-state index >= 15 is 0 Å². The second-order valence-electron chi connectivity index (χ2n) is 9.13. The summed E-state index contributed by atoms with van der Waals surface area (Å²) in [5.41, 5.74) is -3.87. The molecule has 11 heteroatoms. The van der Waals surface area contributed by atoms with E-state index < -0.39 is 60.1 Å². The standard InChI is InChI=1S/C23H26O11/c1-22(2,29)17(34-21(28)23(30)8-13(24)19(27)14(25)9-23)10-32-20-11-3-4-18(26)33-16(11)7-15-12(20)5-6-31-15/h3-7,13-14,17,19,24-25,27,29-30H,8-10H2,1-2H3. The summed E-state index contributed by atoms with van der Waals surface area (Å²) < 4.78 is 21.9. The van der Waals surface area contributed by atoms with Crippen LogP contribution in [0.15, 0.2) is 44.2 Å². The lowest BCUT2D eigenvalue weighted by Gasteiger charge is -2.40. The van der Waals surface area contributed by atoms with Gasteiger partial charge in [0.05, 0.1) is 34.8 Å². The van der Waals surface area contributed by atoms with Crippen molar-refractivity contribution in [3.8, 4) is 5.75 Å². The lowest BCUT2D eigenvalue weighted by molar-refractivity contribution is -0.206. The summed E-state index contributed by atoms with van der Waals surface area (Å²) >= 11 is 0. The Morgan fingerprint density at radius 1 is 1.15 bits per heavy atom. The van der Waals surface area contributed by atoms with Crippen LogP contribution in [0.2, 0.25) is 0 Å². The molecule has 3 atom stereocenters. The van der Waals surface area contributed by atoms with Crippen molar-refractivity contribution >= 4 is 27.9 Å². The molecule has 1 fully saturated rings. The number of aliphatic hydroxyl groups excluding tert-OH is 3. The number of fused-ring (bicyclic) bond motifs is 2. The summed E-state index contributed by atoms with van der Waals surface area (Å²) in [5, 5.41) is 51.8. The highest BCUT2D eigenvalue weighted by Crippen LogP contribution is 2.36. The van der Waals surface area contributed by atoms with Gasteiger partial charge < -0.3 is 43.8 Å². The van der Waals surface area contributed by atoms with Crippen molar-refractivity contribution < 1.29 is 48.6 Å². The molecule has 3 unspecified atom stereocenters. The molecule has 0 aliphatic heterocycles. The van der Waals surface area contributed by atoms with Crippen molar-refractivity contribution in [1.82, 2.24) is 0 Å². The van der Waals surface area contributed by atoms with Gasteiger partial charge >= 0.3 is 11.6 Å². The van der Waals surface area contributed by atoms with Gasteiger partial charge in [0.2, 0.25) is 0 Å². The van der Waals surface area contributed by atoms with Gasteiger partial charge in [-0.25, -0.2) is 9.59 Å². The summed E-state index contributed by atoms with van der Waals surface area (Å²) in [6.45, 7) is 2.39. The first-order valence-electron chi connectivity index (χ1n) is 10.7. The Hall–Kier alpha value is -2.96. The molecule has 3 aromatic rings. The minimum Gasteiger partial charge on any atom is -0.488 e. The molecule has 1 saturated carbocycles. The van der Waals surface area contributed by atoms with Gasteiger partial charge in [-0.1, -0.05) is 0 Å². The number of aliphatic hydroxyl groups is 5. The molecule has 0 amide bonds. The molecule has 2 heterocycles. The summed E-state index contributed by atoms with van der Waals surface area (Å²) in [7, 11) is 0. The van der Waals surface area contributed by atoms with E-state index in [-0.39, 0.29) is 17.9 Å². The maximum absolute atomic E-state index is 12.8. The van der Waals surface area contributed by atoms with E-state index in [9.17, 15) is 35.1 Å². The van der Waals surface area contributed by atoms with E-state index in [0.717, 1.165) is 0 Å². The minimum absolute atomic E-state index is 0.208. The van der Waals surface area contributed by atoms with Crippen LogP contribution in [-0.4, -0.2) is 73.7 Å². The topological polar surface area (TPSA) is 180 Å². The van der Waals surface area contributed by atoms with Gasteiger partial charge in [0.1, 0.15) is 29.6 Å². The van der Waals surface area contributed by atoms with Crippen molar-refractivity contribution in [2.45, 2.75) is 62.3 Å². The van der Waals surface area contributed by atoms with Crippen LogP contribution in [0.4, 0.5) is 0 Å². The zero-order chi connectivity index (χ0) is 24.8. The van der Waals surface area contributed by atoms with Gasteiger partial charge in [-0.3, -0.25) is 0 Å². The Labute approximate surface area is 192 Å². The average Bonchev–Trinajstić information content (AvgIpc) is 3.21. The Balaban J connectivity index is 1.60. The van der Waals surface area contributed by atoms with Crippen molar-refractivity contribution in [2.24, 2.45) is 0 Å². The second-order valence-corrected chi connectivity index (χ2v) is 9.13. The van der Waals surface area contributed by atoms with E-state index in [1.807, 2.05) is 0 Å². The fourth-order valence-corrected chi connectivity index (χ4v) is 3.99. The zero-order valence-electron chi connectivity index (χ0n) is 18.5. The van der Waals surface area contributed by atoms with Crippen molar-refractivity contribution in [3.63, 3.8) is 0 Å². The lowest BCUT2D eigenvalue weighted by Crippen LogP contribution is -2.58. The molecule has 0 saturated heterocycles. The number of rotatable bonds is 6. The SMILES string of the molecule is CC(C)(O)C(COc1c2ccoc2cc2oc(=O)ccc12)OC(=O)C1(O)CC(O)C(O)C(O)C1. The van der Waals surface area contributed by atoms with Crippen LogP contribution < -0.4 is 10.4 Å². The predicted octanol–water partition coefficient (Wildman–Crippen LogP) is 0.208. The number of benzene rings is 1. The molecule has 0 spiro atoms. The number of esters is 1. The summed E-state index contributed by atoms with van der Waals surface area (Å²) in [6, 6.07) is 5.90. The number of furan rings is 1. The van der Waals surface area contributed by atoms with Crippen LogP contribution in [0.25, 0.3) is 21.9 Å². The molecule has 184 valence electrons. The Morgan fingerprint density at radius 2 is 1.79 bits per heavy atom. The monoisotopic (exact) mass is 478 g/mol. The highest BCUT2D eigenvalue weighted by atomic mass is 16.6. The molecule has 4 rings (SSSR count). The number of ether oxygens (including phenoxy) is 2. The van der Waals surface area contributed by atoms with E-state index in [1.54, 1.807) is 6.07 Å². The van der Waals surface area contributed by atoms with Crippen molar-refractivity contribution in [3.05, 3.63) is 40.9 Å². The van der Waals surface area contributed by atoms with Crippen LogP contribution in [-0.2, 0) is 9.53 Å². The van der Waals surface area contributed by atoms with Gasteiger partial charge in [-0.15, -0.1) is 0 Å². The minimum atomic E-state index is -2.28. The molecular weight excluding hydrogens is 452 g/mol. The number of hydrogen-bond acceptors (Lipinski definition) is 11. The molecule has 1 aliphatic rings. The van der Waals surface area contributed by atoms with Crippen LogP contribution in [0.5, 0.6) is 5.75 Å². The van der Waals surface area contributed by atoms with Crippen molar-refractivity contribution in [2.75, 3.05) is 6.61 Å². The maximum atomic E-state index is 12.8. The van der Waals surface area contributed by atoms with Gasteiger partial charge in [-0.2, -0.15) is 0 Å². The van der Waals surface area contributed by atoms with E-state index in [1.165, 1.54) is 38.3 Å². The van der Waals surface area contributed by atoms with Crippen LogP contribution in [0, 0.1) is 0 Å². The number of hydrogen-bond donors (Lipinski definition) is 5. The second kappa shape index (κ2) is 8.67. The third-order valence-electron chi connectivity index (χ3n) is 5.99. The number of carbonyl (C=O) groups excluding carboxylic acids is 1. The normalized spacial score (nSPS) is 26.5. The van der Waals surface area contributed by atoms with Gasteiger partial charge in [0.25, 0.3) is 0 Å². The maximum Gasteiger partial charge on any atom is 0.338 e. The van der Waals surface area contributed by atoms with Gasteiger partial charge in [0.15, 0.2) is 11.7 Å². The smallest absolute Gasteiger partial charge is 0.338 e. The molecule has 11 nitrogen and oxygen atoms in total. The van der Waals surface area contributed by atoms with Crippen LogP contribution in [0.3, 0.4) is 0 Å². The van der Waals surface area contributed by atoms with Crippen LogP contribution in [0.1, 0.15) is 26.7 Å². The first-order chi connectivity index (χ1) is 15.9. The van der Waals surface area contributed by atoms with Gasteiger partial charge in [-0.05, 0) is 26.0 Å². The summed E-state index contributed by atoms with van der Waals surface area (Å²) in [6.07, 6.45) is -5.58. The highest BCUT2D eigenvalue weighted by Gasteiger charge is 2.50. The average molecular weight is 478 g/mol. The van der Waals surface area contributed by atoms with Crippen molar-refractivity contribution in [1.29, 1.82) is 0 Å². The van der Waals surface area contributed by atoms with E-state index in [4.69, 9.17) is 18.3 Å². The fraction of sp³-hybridized carbons (Fsp3) is 0.478. The lowest BCUT2D eigenvalue weighted by atomic mass is 9.79. The Bertz CT molecular complexity index is 1240. The Morgan fingerprint density at radius 3 is 2.44 bits per heavy atom. The first kappa shape index (κ1) is 24.2. The molecule has 0 bridgehead atoms. The predicted molar refractivity (Wildman–Crippen MR) is 116 cm³/mol. The van der Waals surface area contributed by atoms with E-state index in [0.29, 0.717) is 16.4 Å². The number of carbonyl (C=O) groups is 1. The fourth-order valence-electron chi connectivity index (χ4n) is 3.99. The third-order valence-corrected chi connectivity index (χ3v) is 5.99. The molecular formula is C23H26O11. The molecule has 1 aliphatic carbocycles. The molecule has 5 N–H and O–H groups in total. The molecule has 34 heavy (non-hydrogen) atoms. The quantitative estimate of drug-likeness (QED) is 0.241. The van der Waals surface area contributed by atoms with E-state index in [2.05, 4.69) is 0 Å². The third kappa shape index (κ3) is 4.52. The molecule has 0 radical (unpaired) electrons.